The first kappa shape index (κ1) is 38.2. The molecule has 0 saturated heterocycles. The fourth-order valence-electron chi connectivity index (χ4n) is 3.65. The van der Waals surface area contributed by atoms with E-state index in [-0.39, 0.29) is 12.8 Å². The van der Waals surface area contributed by atoms with Crippen LogP contribution in [0.1, 0.15) is 117 Å². The van der Waals surface area contributed by atoms with Crippen LogP contribution in [0.5, 0.6) is 0 Å². The van der Waals surface area contributed by atoms with E-state index in [1.54, 1.807) is 0 Å². The van der Waals surface area contributed by atoms with E-state index >= 15 is 0 Å². The topological polar surface area (TPSA) is 169 Å². The van der Waals surface area contributed by atoms with Gasteiger partial charge in [-0.1, -0.05) is 83.8 Å². The number of hydrogen-bond donors (Lipinski definition) is 4. The number of carboxylic acids is 1. The number of allylic oxidation sites excluding steroid dienone is 2. The lowest BCUT2D eigenvalue weighted by Crippen LogP contribution is -2.43. The molecule has 40 heavy (non-hydrogen) atoms. The lowest BCUT2D eigenvalue weighted by molar-refractivity contribution is -0.147. The maximum absolute atomic E-state index is 12.1. The number of hydrogen-bond acceptors (Lipinski definition) is 8. The molecule has 0 aliphatic heterocycles. The van der Waals surface area contributed by atoms with E-state index in [1.807, 2.05) is 0 Å². The molecule has 4 N–H and O–H groups in total. The number of carbonyl (C=O) groups is 3. The largest absolute Gasteiger partial charge is 0.480 e. The summed E-state index contributed by atoms with van der Waals surface area (Å²) < 4.78 is 26.4. The van der Waals surface area contributed by atoms with Crippen LogP contribution in [0.15, 0.2) is 12.2 Å². The Morgan fingerprint density at radius 1 is 0.775 bits per heavy atom. The summed E-state index contributed by atoms with van der Waals surface area (Å²) in [6, 6.07) is -1.54. The minimum atomic E-state index is -4.73. The van der Waals surface area contributed by atoms with Gasteiger partial charge in [-0.3, -0.25) is 18.6 Å². The molecule has 3 unspecified atom stereocenters. The van der Waals surface area contributed by atoms with Crippen LogP contribution in [0.3, 0.4) is 0 Å². The van der Waals surface area contributed by atoms with Crippen molar-refractivity contribution in [3.8, 4) is 0 Å². The number of aliphatic carboxylic acids is 1. The molecule has 234 valence electrons. The molecule has 0 aliphatic carbocycles. The van der Waals surface area contributed by atoms with Crippen LogP contribution in [-0.2, 0) is 32.7 Å². The van der Waals surface area contributed by atoms with Crippen LogP contribution >= 0.6 is 7.82 Å². The standard InChI is InChI=1S/C28H52NO10P/c1-3-5-7-9-10-11-12-13-14-16-18-20-27(32)37-21-24(30)22-38-40(35,36)39-23-25(28(33)34)29-26(31)19-17-15-8-6-4-2/h9-10,24-25,30H,3-8,11-23H2,1-2H3,(H,29,31)(H,33,34)(H,35,36)/b10-9-. The summed E-state index contributed by atoms with van der Waals surface area (Å²) in [7, 11) is -4.73. The molecule has 0 radical (unpaired) electrons. The van der Waals surface area contributed by atoms with Gasteiger partial charge in [0.05, 0.1) is 13.2 Å². The number of nitrogens with one attached hydrogen (secondary N) is 1. The Kier molecular flexibility index (Phi) is 23.9. The van der Waals surface area contributed by atoms with Crippen LogP contribution in [0, 0.1) is 0 Å². The minimum Gasteiger partial charge on any atom is -0.480 e. The Morgan fingerprint density at radius 3 is 1.98 bits per heavy atom. The molecule has 0 spiro atoms. The SMILES string of the molecule is CCCC/C=C\CCCCCCCC(=O)OCC(O)COP(=O)(O)OCC(NC(=O)CCCCCCC)C(=O)O. The highest BCUT2D eigenvalue weighted by Crippen LogP contribution is 2.43. The van der Waals surface area contributed by atoms with Gasteiger partial charge < -0.3 is 25.2 Å². The minimum absolute atomic E-state index is 0.142. The first-order valence-electron chi connectivity index (χ1n) is 14.7. The fraction of sp³-hybridized carbons (Fsp3) is 0.821. The number of phosphoric acid groups is 1. The second kappa shape index (κ2) is 25.0. The zero-order chi connectivity index (χ0) is 30.1. The Balaban J connectivity index is 4.04. The number of esters is 1. The first-order chi connectivity index (χ1) is 19.1. The van der Waals surface area contributed by atoms with Gasteiger partial charge in [-0.25, -0.2) is 9.36 Å². The molecule has 0 aromatic heterocycles. The number of rotatable bonds is 27. The monoisotopic (exact) mass is 593 g/mol. The predicted molar refractivity (Wildman–Crippen MR) is 153 cm³/mol. The molecule has 0 fully saturated rings. The maximum atomic E-state index is 12.1. The third-order valence-corrected chi connectivity index (χ3v) is 7.01. The Hall–Kier alpha value is -1.78. The zero-order valence-electron chi connectivity index (χ0n) is 24.4. The highest BCUT2D eigenvalue weighted by Gasteiger charge is 2.28. The van der Waals surface area contributed by atoms with Crippen LogP contribution < -0.4 is 5.32 Å². The Bertz CT molecular complexity index is 761. The van der Waals surface area contributed by atoms with E-state index in [2.05, 4.69) is 40.4 Å². The number of carbonyl (C=O) groups excluding carboxylic acids is 2. The molecule has 0 aliphatic rings. The Labute approximate surface area is 239 Å². The number of amides is 1. The van der Waals surface area contributed by atoms with Crippen molar-refractivity contribution in [3.63, 3.8) is 0 Å². The number of aliphatic hydroxyl groups excluding tert-OH is 1. The lowest BCUT2D eigenvalue weighted by Gasteiger charge is -2.18. The smallest absolute Gasteiger partial charge is 0.472 e. The molecular formula is C28H52NO10P. The molecule has 0 heterocycles. The molecule has 3 atom stereocenters. The van der Waals surface area contributed by atoms with Crippen LogP contribution in [-0.4, -0.2) is 64.9 Å². The molecule has 0 rings (SSSR count). The fourth-order valence-corrected chi connectivity index (χ4v) is 4.42. The summed E-state index contributed by atoms with van der Waals surface area (Å²) >= 11 is 0. The van der Waals surface area contributed by atoms with Crippen LogP contribution in [0.25, 0.3) is 0 Å². The molecule has 12 heteroatoms. The van der Waals surface area contributed by atoms with Gasteiger partial charge in [0, 0.05) is 12.8 Å². The zero-order valence-corrected chi connectivity index (χ0v) is 25.3. The molecule has 0 saturated carbocycles. The third kappa shape index (κ3) is 24.1. The van der Waals surface area contributed by atoms with E-state index in [0.717, 1.165) is 64.2 Å². The highest BCUT2D eigenvalue weighted by molar-refractivity contribution is 7.47. The number of unbranched alkanes of at least 4 members (excludes halogenated alkanes) is 11. The quantitative estimate of drug-likeness (QED) is 0.0417. The van der Waals surface area contributed by atoms with Gasteiger partial charge in [0.1, 0.15) is 12.7 Å². The molecular weight excluding hydrogens is 541 g/mol. The average Bonchev–Trinajstić information content (AvgIpc) is 2.91. The van der Waals surface area contributed by atoms with Crippen LogP contribution in [0.4, 0.5) is 0 Å². The number of carboxylic acid groups (broad SMARTS) is 1. The summed E-state index contributed by atoms with van der Waals surface area (Å²) in [5.41, 5.74) is 0. The van der Waals surface area contributed by atoms with E-state index in [4.69, 9.17) is 4.74 Å². The molecule has 0 aromatic carbocycles. The third-order valence-electron chi connectivity index (χ3n) is 6.05. The number of aliphatic hydroxyl groups is 1. The normalized spacial score (nSPS) is 14.5. The van der Waals surface area contributed by atoms with Gasteiger partial charge in [0.15, 0.2) is 6.04 Å². The van der Waals surface area contributed by atoms with Crippen molar-refractivity contribution >= 4 is 25.7 Å². The molecule has 0 aromatic rings. The van der Waals surface area contributed by atoms with E-state index in [9.17, 15) is 34.1 Å². The van der Waals surface area contributed by atoms with Gasteiger partial charge in [0.2, 0.25) is 5.91 Å². The van der Waals surface area contributed by atoms with Crippen molar-refractivity contribution in [3.05, 3.63) is 12.2 Å². The molecule has 11 nitrogen and oxygen atoms in total. The van der Waals surface area contributed by atoms with Crippen molar-refractivity contribution in [1.82, 2.24) is 5.32 Å². The van der Waals surface area contributed by atoms with Gasteiger partial charge in [0.25, 0.3) is 0 Å². The van der Waals surface area contributed by atoms with Crippen molar-refractivity contribution in [2.75, 3.05) is 19.8 Å². The molecule has 0 bridgehead atoms. The predicted octanol–water partition coefficient (Wildman–Crippen LogP) is 5.43. The average molecular weight is 594 g/mol. The molecule has 1 amide bonds. The maximum Gasteiger partial charge on any atom is 0.472 e. The second-order valence-electron chi connectivity index (χ2n) is 9.94. The van der Waals surface area contributed by atoms with Gasteiger partial charge in [-0.15, -0.1) is 0 Å². The van der Waals surface area contributed by atoms with E-state index in [0.29, 0.717) is 12.8 Å². The highest BCUT2D eigenvalue weighted by atomic mass is 31.2. The summed E-state index contributed by atoms with van der Waals surface area (Å²) in [4.78, 5) is 45.0. The van der Waals surface area contributed by atoms with Crippen molar-refractivity contribution in [1.29, 1.82) is 0 Å². The van der Waals surface area contributed by atoms with Crippen LogP contribution in [0.2, 0.25) is 0 Å². The summed E-state index contributed by atoms with van der Waals surface area (Å²) in [6.07, 6.45) is 17.5. The first-order valence-corrected chi connectivity index (χ1v) is 16.2. The van der Waals surface area contributed by atoms with Gasteiger partial charge in [-0.2, -0.15) is 0 Å². The number of ether oxygens (including phenoxy) is 1. The second-order valence-corrected chi connectivity index (χ2v) is 11.4. The summed E-state index contributed by atoms with van der Waals surface area (Å²) in [6.45, 7) is 2.36. The van der Waals surface area contributed by atoms with Crippen molar-refractivity contribution in [2.45, 2.75) is 129 Å². The van der Waals surface area contributed by atoms with E-state index in [1.165, 1.54) is 12.8 Å². The van der Waals surface area contributed by atoms with Gasteiger partial charge in [-0.05, 0) is 32.1 Å². The summed E-state index contributed by atoms with van der Waals surface area (Å²) in [5, 5.41) is 21.4. The Morgan fingerprint density at radius 2 is 1.32 bits per heavy atom. The lowest BCUT2D eigenvalue weighted by atomic mass is 10.1. The number of phosphoric ester groups is 1. The van der Waals surface area contributed by atoms with Gasteiger partial charge >= 0.3 is 19.8 Å². The van der Waals surface area contributed by atoms with Crippen molar-refractivity contribution < 1.29 is 47.8 Å². The van der Waals surface area contributed by atoms with Crippen molar-refractivity contribution in [2.24, 2.45) is 0 Å². The van der Waals surface area contributed by atoms with E-state index < -0.39 is 57.6 Å². The summed E-state index contributed by atoms with van der Waals surface area (Å²) in [5.74, 6) is -2.41.